The van der Waals surface area contributed by atoms with E-state index < -0.39 is 15.8 Å². The van der Waals surface area contributed by atoms with Gasteiger partial charge in [0.05, 0.1) is 16.5 Å². The van der Waals surface area contributed by atoms with Gasteiger partial charge in [-0.05, 0) is 54.7 Å². The van der Waals surface area contributed by atoms with E-state index in [9.17, 15) is 18.0 Å². The summed E-state index contributed by atoms with van der Waals surface area (Å²) in [7, 11) is -1.61. The molecule has 0 radical (unpaired) electrons. The molecule has 0 fully saturated rings. The van der Waals surface area contributed by atoms with E-state index in [0.29, 0.717) is 0 Å². The normalized spacial score (nSPS) is 16.1. The molecule has 0 bridgehead atoms. The summed E-state index contributed by atoms with van der Waals surface area (Å²) in [5.74, 6) is -0.936. The van der Waals surface area contributed by atoms with Crippen LogP contribution in [0.25, 0.3) is 0 Å². The number of hydrogen-bond acceptors (Lipinski definition) is 5. The topological polar surface area (TPSA) is 80.8 Å². The van der Waals surface area contributed by atoms with Crippen LogP contribution in [-0.2, 0) is 25.8 Å². The minimum atomic E-state index is -3.33. The van der Waals surface area contributed by atoms with E-state index >= 15 is 0 Å². The second-order valence-electron chi connectivity index (χ2n) is 6.98. The predicted molar refractivity (Wildman–Crippen MR) is 105 cm³/mol. The summed E-state index contributed by atoms with van der Waals surface area (Å²) < 4.78 is 28.1. The van der Waals surface area contributed by atoms with Gasteiger partial charge in [-0.2, -0.15) is 0 Å². The number of nitrogens with zero attached hydrogens (tertiary/aromatic N) is 1. The first-order valence-electron chi connectivity index (χ1n) is 9.08. The fourth-order valence-corrected chi connectivity index (χ4v) is 4.09. The summed E-state index contributed by atoms with van der Waals surface area (Å²) in [5.41, 5.74) is 2.60. The van der Waals surface area contributed by atoms with Crippen LogP contribution in [-0.4, -0.2) is 45.1 Å². The van der Waals surface area contributed by atoms with Crippen LogP contribution in [0.1, 0.15) is 40.4 Å². The quantitative estimate of drug-likeness (QED) is 0.720. The molecule has 0 spiro atoms. The molecule has 0 aromatic heterocycles. The van der Waals surface area contributed by atoms with Crippen molar-refractivity contribution in [3.05, 3.63) is 65.2 Å². The molecular weight excluding hydrogens is 378 g/mol. The number of fused-ring (bicyclic) bond motifs is 1. The van der Waals surface area contributed by atoms with Crippen molar-refractivity contribution < 1.29 is 22.7 Å². The maximum absolute atomic E-state index is 12.5. The van der Waals surface area contributed by atoms with Crippen LogP contribution >= 0.6 is 0 Å². The van der Waals surface area contributed by atoms with Crippen molar-refractivity contribution in [2.75, 3.05) is 19.9 Å². The highest BCUT2D eigenvalue weighted by atomic mass is 32.2. The Balaban J connectivity index is 1.62. The molecule has 1 atom stereocenters. The second-order valence-corrected chi connectivity index (χ2v) is 9.00. The van der Waals surface area contributed by atoms with E-state index in [4.69, 9.17) is 4.74 Å². The third-order valence-electron chi connectivity index (χ3n) is 5.04. The molecule has 0 saturated carbocycles. The maximum Gasteiger partial charge on any atom is 0.338 e. The Kier molecular flexibility index (Phi) is 5.84. The number of sulfone groups is 1. The van der Waals surface area contributed by atoms with Crippen molar-refractivity contribution in [3.8, 4) is 0 Å². The number of amides is 1. The standard InChI is InChI=1S/C21H23NO5S/c1-22(19-9-5-7-15-6-3-4-8-18(15)19)20(23)14-27-21(24)16-10-12-17(13-11-16)28(2,25)26/h3-4,6,8,10-13,19H,5,7,9,14H2,1-2H3/t19-/m1/s1. The highest BCUT2D eigenvalue weighted by molar-refractivity contribution is 7.90. The largest absolute Gasteiger partial charge is 0.452 e. The number of hydrogen-bond donors (Lipinski definition) is 0. The monoisotopic (exact) mass is 401 g/mol. The minimum Gasteiger partial charge on any atom is -0.452 e. The fraction of sp³-hybridized carbons (Fsp3) is 0.333. The molecule has 7 heteroatoms. The molecule has 1 aliphatic rings. The number of esters is 1. The van der Waals surface area contributed by atoms with Crippen LogP contribution in [0.5, 0.6) is 0 Å². The highest BCUT2D eigenvalue weighted by Crippen LogP contribution is 2.33. The van der Waals surface area contributed by atoms with Crippen molar-refractivity contribution in [3.63, 3.8) is 0 Å². The Labute approximate surface area is 165 Å². The maximum atomic E-state index is 12.5. The van der Waals surface area contributed by atoms with Crippen LogP contribution in [0.4, 0.5) is 0 Å². The van der Waals surface area contributed by atoms with Crippen LogP contribution in [0, 0.1) is 0 Å². The summed E-state index contributed by atoms with van der Waals surface area (Å²) >= 11 is 0. The number of carbonyl (C=O) groups is 2. The van der Waals surface area contributed by atoms with E-state index in [0.717, 1.165) is 31.1 Å². The van der Waals surface area contributed by atoms with Crippen molar-refractivity contribution in [2.45, 2.75) is 30.2 Å². The highest BCUT2D eigenvalue weighted by Gasteiger charge is 2.27. The molecule has 2 aromatic rings. The van der Waals surface area contributed by atoms with Gasteiger partial charge in [-0.15, -0.1) is 0 Å². The zero-order valence-electron chi connectivity index (χ0n) is 15.9. The number of carbonyl (C=O) groups excluding carboxylic acids is 2. The lowest BCUT2D eigenvalue weighted by atomic mass is 9.87. The molecule has 0 saturated heterocycles. The number of rotatable bonds is 5. The summed E-state index contributed by atoms with van der Waals surface area (Å²) in [6, 6.07) is 13.5. The third-order valence-corrected chi connectivity index (χ3v) is 6.17. The van der Waals surface area contributed by atoms with E-state index in [-0.39, 0.29) is 29.0 Å². The number of ether oxygens (including phenoxy) is 1. The molecule has 0 heterocycles. The van der Waals surface area contributed by atoms with Crippen LogP contribution in [0.2, 0.25) is 0 Å². The van der Waals surface area contributed by atoms with Crippen LogP contribution in [0.15, 0.2) is 53.4 Å². The van der Waals surface area contributed by atoms with Crippen LogP contribution < -0.4 is 0 Å². The Morgan fingerprint density at radius 3 is 2.46 bits per heavy atom. The van der Waals surface area contributed by atoms with Gasteiger partial charge in [0, 0.05) is 13.3 Å². The van der Waals surface area contributed by atoms with Gasteiger partial charge in [0.1, 0.15) is 0 Å². The third kappa shape index (κ3) is 4.42. The van der Waals surface area contributed by atoms with Crippen molar-refractivity contribution >= 4 is 21.7 Å². The Morgan fingerprint density at radius 1 is 1.11 bits per heavy atom. The average Bonchev–Trinajstić information content (AvgIpc) is 2.70. The first-order chi connectivity index (χ1) is 13.3. The van der Waals surface area contributed by atoms with E-state index in [1.165, 1.54) is 29.8 Å². The van der Waals surface area contributed by atoms with Gasteiger partial charge >= 0.3 is 5.97 Å². The summed E-state index contributed by atoms with van der Waals surface area (Å²) in [6.07, 6.45) is 3.98. The molecule has 0 N–H and O–H groups in total. The summed E-state index contributed by atoms with van der Waals surface area (Å²) in [4.78, 5) is 26.5. The van der Waals surface area contributed by atoms with Gasteiger partial charge in [0.2, 0.25) is 0 Å². The zero-order valence-corrected chi connectivity index (χ0v) is 16.7. The van der Waals surface area contributed by atoms with Crippen molar-refractivity contribution in [2.24, 2.45) is 0 Å². The molecule has 1 amide bonds. The smallest absolute Gasteiger partial charge is 0.338 e. The molecular formula is C21H23NO5S. The number of benzene rings is 2. The predicted octanol–water partition coefficient (Wildman–Crippen LogP) is 2.78. The lowest BCUT2D eigenvalue weighted by Crippen LogP contribution is -2.36. The Bertz CT molecular complexity index is 982. The SMILES string of the molecule is CN(C(=O)COC(=O)c1ccc(S(C)(=O)=O)cc1)[C@@H]1CCCc2ccccc21. The molecule has 2 aromatic carbocycles. The van der Waals surface area contributed by atoms with Gasteiger partial charge in [-0.25, -0.2) is 13.2 Å². The van der Waals surface area contributed by atoms with Gasteiger partial charge < -0.3 is 9.64 Å². The van der Waals surface area contributed by atoms with Gasteiger partial charge in [0.25, 0.3) is 5.91 Å². The van der Waals surface area contributed by atoms with E-state index in [2.05, 4.69) is 6.07 Å². The lowest BCUT2D eigenvalue weighted by Gasteiger charge is -2.33. The van der Waals surface area contributed by atoms with Crippen molar-refractivity contribution in [1.29, 1.82) is 0 Å². The molecule has 0 unspecified atom stereocenters. The Morgan fingerprint density at radius 2 is 1.79 bits per heavy atom. The molecule has 6 nitrogen and oxygen atoms in total. The molecule has 28 heavy (non-hydrogen) atoms. The van der Waals surface area contributed by atoms with Gasteiger partial charge in [0.15, 0.2) is 16.4 Å². The molecule has 1 aliphatic carbocycles. The number of likely N-dealkylation sites (N-methyl/N-ethyl adjacent to an activating group) is 1. The Hall–Kier alpha value is -2.67. The minimum absolute atomic E-state index is 0.0230. The average molecular weight is 401 g/mol. The lowest BCUT2D eigenvalue weighted by molar-refractivity contribution is -0.135. The second kappa shape index (κ2) is 8.14. The van der Waals surface area contributed by atoms with Gasteiger partial charge in [-0.1, -0.05) is 24.3 Å². The van der Waals surface area contributed by atoms with Crippen molar-refractivity contribution in [1.82, 2.24) is 4.90 Å². The molecule has 0 aliphatic heterocycles. The molecule has 148 valence electrons. The first kappa shape index (κ1) is 20.1. The van der Waals surface area contributed by atoms with E-state index in [1.54, 1.807) is 11.9 Å². The van der Waals surface area contributed by atoms with Gasteiger partial charge in [-0.3, -0.25) is 4.79 Å². The number of aryl methyl sites for hydroxylation is 1. The summed E-state index contributed by atoms with van der Waals surface area (Å²) in [6.45, 7) is -0.359. The zero-order chi connectivity index (χ0) is 20.3. The summed E-state index contributed by atoms with van der Waals surface area (Å²) in [5, 5.41) is 0. The first-order valence-corrected chi connectivity index (χ1v) is 11.0. The fourth-order valence-electron chi connectivity index (χ4n) is 3.46. The molecule has 3 rings (SSSR count). The van der Waals surface area contributed by atoms with Crippen LogP contribution in [0.3, 0.4) is 0 Å². The van der Waals surface area contributed by atoms with E-state index in [1.807, 2.05) is 18.2 Å².